The summed E-state index contributed by atoms with van der Waals surface area (Å²) in [6.07, 6.45) is 2.38. The van der Waals surface area contributed by atoms with E-state index in [1.54, 1.807) is 17.5 Å². The fourth-order valence-corrected chi connectivity index (χ4v) is 1.92. The lowest BCUT2D eigenvalue weighted by molar-refractivity contribution is -0.605. The highest BCUT2D eigenvalue weighted by molar-refractivity contribution is 7.12. The van der Waals surface area contributed by atoms with Crippen molar-refractivity contribution in [2.45, 2.75) is 0 Å². The molecule has 0 aliphatic heterocycles. The standard InChI is InChI=1S/C12H9NO4S/c14-10(11-2-1-7-18-11)8-17-12(15)9-3-5-13(16)6-4-9/h1-7H,8H2. The summed E-state index contributed by atoms with van der Waals surface area (Å²) in [5.41, 5.74) is 0.237. The van der Waals surface area contributed by atoms with Crippen molar-refractivity contribution in [3.8, 4) is 0 Å². The number of thiophene rings is 1. The van der Waals surface area contributed by atoms with Crippen molar-refractivity contribution >= 4 is 23.1 Å². The fourth-order valence-electron chi connectivity index (χ4n) is 1.27. The maximum absolute atomic E-state index is 11.6. The second-order valence-electron chi connectivity index (χ2n) is 3.42. The number of nitrogens with zero attached hydrogens (tertiary/aromatic N) is 1. The molecule has 0 saturated carbocycles. The molecule has 18 heavy (non-hydrogen) atoms. The van der Waals surface area contributed by atoms with Crippen LogP contribution in [0.3, 0.4) is 0 Å². The number of esters is 1. The molecular weight excluding hydrogens is 254 g/mol. The third-order valence-electron chi connectivity index (χ3n) is 2.17. The Hall–Kier alpha value is -2.21. The molecule has 0 radical (unpaired) electrons. The van der Waals surface area contributed by atoms with Gasteiger partial charge in [0.1, 0.15) is 0 Å². The highest BCUT2D eigenvalue weighted by Gasteiger charge is 2.12. The van der Waals surface area contributed by atoms with Gasteiger partial charge in [-0.3, -0.25) is 4.79 Å². The highest BCUT2D eigenvalue weighted by atomic mass is 32.1. The van der Waals surface area contributed by atoms with Crippen LogP contribution in [0.2, 0.25) is 0 Å². The van der Waals surface area contributed by atoms with E-state index in [0.717, 1.165) is 0 Å². The number of Topliss-reactive ketones (excluding diaryl/α,β-unsaturated/α-hetero) is 1. The lowest BCUT2D eigenvalue weighted by Crippen LogP contribution is -2.24. The van der Waals surface area contributed by atoms with Crippen LogP contribution in [0.1, 0.15) is 20.0 Å². The predicted molar refractivity (Wildman–Crippen MR) is 64.3 cm³/mol. The Bertz CT molecular complexity index is 548. The van der Waals surface area contributed by atoms with Crippen LogP contribution >= 0.6 is 11.3 Å². The molecule has 0 aromatic carbocycles. The van der Waals surface area contributed by atoms with Gasteiger partial charge < -0.3 is 9.94 Å². The van der Waals surface area contributed by atoms with E-state index in [1.165, 1.54) is 35.9 Å². The van der Waals surface area contributed by atoms with E-state index in [4.69, 9.17) is 4.74 Å². The first kappa shape index (κ1) is 12.3. The van der Waals surface area contributed by atoms with Gasteiger partial charge in [-0.1, -0.05) is 6.07 Å². The lowest BCUT2D eigenvalue weighted by Gasteiger charge is -2.03. The van der Waals surface area contributed by atoms with Crippen LogP contribution in [-0.4, -0.2) is 18.4 Å². The molecule has 0 fully saturated rings. The van der Waals surface area contributed by atoms with Crippen LogP contribution in [-0.2, 0) is 4.74 Å². The monoisotopic (exact) mass is 263 g/mol. The Balaban J connectivity index is 1.92. The van der Waals surface area contributed by atoms with Crippen molar-refractivity contribution in [3.63, 3.8) is 0 Å². The Morgan fingerprint density at radius 3 is 2.61 bits per heavy atom. The first-order valence-corrected chi connectivity index (χ1v) is 5.97. The summed E-state index contributed by atoms with van der Waals surface area (Å²) >= 11 is 1.29. The molecule has 0 bridgehead atoms. The zero-order valence-corrected chi connectivity index (χ0v) is 10.1. The first-order valence-electron chi connectivity index (χ1n) is 5.09. The van der Waals surface area contributed by atoms with Gasteiger partial charge in [-0.2, -0.15) is 4.73 Å². The molecule has 0 amide bonds. The van der Waals surface area contributed by atoms with E-state index in [-0.39, 0.29) is 18.0 Å². The van der Waals surface area contributed by atoms with Gasteiger partial charge in [-0.25, -0.2) is 4.79 Å². The van der Waals surface area contributed by atoms with Crippen molar-refractivity contribution in [1.82, 2.24) is 0 Å². The first-order chi connectivity index (χ1) is 8.66. The van der Waals surface area contributed by atoms with E-state index in [2.05, 4.69) is 0 Å². The summed E-state index contributed by atoms with van der Waals surface area (Å²) in [4.78, 5) is 23.7. The number of ether oxygens (including phenoxy) is 1. The molecule has 2 rings (SSSR count). The minimum Gasteiger partial charge on any atom is -0.619 e. The van der Waals surface area contributed by atoms with Crippen LogP contribution in [0.25, 0.3) is 0 Å². The van der Waals surface area contributed by atoms with Crippen molar-refractivity contribution in [2.75, 3.05) is 6.61 Å². The maximum atomic E-state index is 11.6. The van der Waals surface area contributed by atoms with Crippen LogP contribution in [0.5, 0.6) is 0 Å². The molecular formula is C12H9NO4S. The van der Waals surface area contributed by atoms with Gasteiger partial charge in [0.25, 0.3) is 0 Å². The summed E-state index contributed by atoms with van der Waals surface area (Å²) in [6, 6.07) is 6.10. The molecule has 2 aromatic rings. The lowest BCUT2D eigenvalue weighted by atomic mass is 10.3. The number of hydrogen-bond acceptors (Lipinski definition) is 5. The summed E-state index contributed by atoms with van der Waals surface area (Å²) in [7, 11) is 0. The number of rotatable bonds is 4. The number of ketones is 1. The van der Waals surface area contributed by atoms with Crippen LogP contribution in [0.4, 0.5) is 0 Å². The predicted octanol–water partition coefficient (Wildman–Crippen LogP) is 1.42. The number of aromatic nitrogens is 1. The van der Waals surface area contributed by atoms with Crippen molar-refractivity contribution < 1.29 is 19.1 Å². The van der Waals surface area contributed by atoms with E-state index in [1.807, 2.05) is 0 Å². The van der Waals surface area contributed by atoms with E-state index < -0.39 is 5.97 Å². The van der Waals surface area contributed by atoms with Gasteiger partial charge in [-0.05, 0) is 11.4 Å². The fraction of sp³-hybridized carbons (Fsp3) is 0.0833. The number of carbonyl (C=O) groups excluding carboxylic acids is 2. The zero-order chi connectivity index (χ0) is 13.0. The average molecular weight is 263 g/mol. The number of carbonyl (C=O) groups is 2. The number of hydrogen-bond donors (Lipinski definition) is 0. The normalized spacial score (nSPS) is 10.0. The molecule has 2 heterocycles. The molecule has 2 aromatic heterocycles. The van der Waals surface area contributed by atoms with Gasteiger partial charge in [-0.15, -0.1) is 11.3 Å². The second-order valence-corrected chi connectivity index (χ2v) is 4.37. The summed E-state index contributed by atoms with van der Waals surface area (Å²) < 4.78 is 5.42. The highest BCUT2D eigenvalue weighted by Crippen LogP contribution is 2.09. The van der Waals surface area contributed by atoms with Gasteiger partial charge in [0.05, 0.1) is 10.4 Å². The SMILES string of the molecule is O=C(OCC(=O)c1cccs1)c1cc[n+]([O-])cc1. The molecule has 0 spiro atoms. The largest absolute Gasteiger partial charge is 0.619 e. The minimum atomic E-state index is -0.625. The van der Waals surface area contributed by atoms with Gasteiger partial charge in [0.2, 0.25) is 5.78 Å². The van der Waals surface area contributed by atoms with E-state index in [9.17, 15) is 14.8 Å². The number of pyridine rings is 1. The zero-order valence-electron chi connectivity index (χ0n) is 9.24. The Morgan fingerprint density at radius 2 is 2.00 bits per heavy atom. The summed E-state index contributed by atoms with van der Waals surface area (Å²) in [6.45, 7) is -0.300. The molecule has 0 atom stereocenters. The molecule has 0 N–H and O–H groups in total. The Labute approximate surface area is 107 Å². The third-order valence-corrected chi connectivity index (χ3v) is 3.08. The molecule has 92 valence electrons. The van der Waals surface area contributed by atoms with Crippen LogP contribution in [0, 0.1) is 5.21 Å². The Morgan fingerprint density at radius 1 is 1.28 bits per heavy atom. The Kier molecular flexibility index (Phi) is 3.69. The third kappa shape index (κ3) is 2.92. The average Bonchev–Trinajstić information content (AvgIpc) is 2.90. The van der Waals surface area contributed by atoms with E-state index in [0.29, 0.717) is 9.61 Å². The quantitative estimate of drug-likeness (QED) is 0.362. The summed E-state index contributed by atoms with van der Waals surface area (Å²) in [5.74, 6) is -0.867. The van der Waals surface area contributed by atoms with E-state index >= 15 is 0 Å². The molecule has 0 aliphatic carbocycles. The van der Waals surface area contributed by atoms with Crippen LogP contribution < -0.4 is 4.73 Å². The van der Waals surface area contributed by atoms with Gasteiger partial charge in [0.15, 0.2) is 19.0 Å². The second kappa shape index (κ2) is 5.42. The molecule has 0 aliphatic rings. The summed E-state index contributed by atoms with van der Waals surface area (Å²) in [5, 5.41) is 12.6. The topological polar surface area (TPSA) is 70.3 Å². The molecule has 6 heteroatoms. The molecule has 0 unspecified atom stereocenters. The smallest absolute Gasteiger partial charge is 0.339 e. The van der Waals surface area contributed by atoms with Crippen LogP contribution in [0.15, 0.2) is 42.0 Å². The van der Waals surface area contributed by atoms with Crippen molar-refractivity contribution in [3.05, 3.63) is 57.7 Å². The van der Waals surface area contributed by atoms with Gasteiger partial charge in [0, 0.05) is 12.1 Å². The van der Waals surface area contributed by atoms with Crippen molar-refractivity contribution in [2.24, 2.45) is 0 Å². The molecule has 0 saturated heterocycles. The minimum absolute atomic E-state index is 0.237. The van der Waals surface area contributed by atoms with Gasteiger partial charge >= 0.3 is 5.97 Å². The van der Waals surface area contributed by atoms with Crippen molar-refractivity contribution in [1.29, 1.82) is 0 Å². The maximum Gasteiger partial charge on any atom is 0.339 e. The molecule has 5 nitrogen and oxygen atoms in total.